The van der Waals surface area contributed by atoms with E-state index in [2.05, 4.69) is 9.71 Å². The molecule has 0 atom stereocenters. The maximum atomic E-state index is 12.5. The monoisotopic (exact) mass is 395 g/mol. The molecule has 136 valence electrons. The molecular weight excluding hydrogens is 382 g/mol. The van der Waals surface area contributed by atoms with Crippen LogP contribution in [0, 0.1) is 0 Å². The summed E-state index contributed by atoms with van der Waals surface area (Å²) in [7, 11) is -0.765. The minimum Gasteiger partial charge on any atom is -0.408 e. The minimum absolute atomic E-state index is 0.0858. The molecule has 0 bridgehead atoms. The van der Waals surface area contributed by atoms with Crippen LogP contribution in [0.2, 0.25) is 5.02 Å². The number of oxazole rings is 1. The summed E-state index contributed by atoms with van der Waals surface area (Å²) in [5.41, 5.74) is 0.974. The van der Waals surface area contributed by atoms with Crippen molar-refractivity contribution in [3.8, 4) is 0 Å². The summed E-state index contributed by atoms with van der Waals surface area (Å²) in [6, 6.07) is 8.24. The van der Waals surface area contributed by atoms with Crippen molar-refractivity contribution < 1.29 is 17.6 Å². The number of fused-ring (bicyclic) bond motifs is 1. The van der Waals surface area contributed by atoms with Crippen LogP contribution in [-0.4, -0.2) is 38.3 Å². The number of sulfonamides is 1. The van der Waals surface area contributed by atoms with Gasteiger partial charge in [-0.3, -0.25) is 14.5 Å². The van der Waals surface area contributed by atoms with Crippen LogP contribution in [0.25, 0.3) is 11.1 Å². The van der Waals surface area contributed by atoms with Crippen LogP contribution in [0.3, 0.4) is 0 Å². The highest BCUT2D eigenvalue weighted by molar-refractivity contribution is 7.92. The summed E-state index contributed by atoms with van der Waals surface area (Å²) in [6.45, 7) is 0. The number of hydrogen-bond donors (Lipinski definition) is 2. The molecule has 0 aliphatic heterocycles. The molecule has 0 saturated heterocycles. The first-order chi connectivity index (χ1) is 12.2. The van der Waals surface area contributed by atoms with Gasteiger partial charge in [0.15, 0.2) is 5.58 Å². The summed E-state index contributed by atoms with van der Waals surface area (Å²) in [6.07, 6.45) is 0. The number of nitrogens with one attached hydrogen (secondary N) is 2. The Morgan fingerprint density at radius 2 is 1.92 bits per heavy atom. The van der Waals surface area contributed by atoms with Crippen molar-refractivity contribution in [2.45, 2.75) is 4.90 Å². The number of anilines is 1. The summed E-state index contributed by atoms with van der Waals surface area (Å²) >= 11 is 6.09. The molecule has 0 spiro atoms. The molecule has 3 aromatic rings. The second kappa shape index (κ2) is 6.50. The molecule has 1 amide bonds. The molecule has 2 aromatic carbocycles. The molecular formula is C16H14ClN3O5S. The van der Waals surface area contributed by atoms with Crippen LogP contribution >= 0.6 is 11.6 Å². The maximum Gasteiger partial charge on any atom is 0.417 e. The normalized spacial score (nSPS) is 11.5. The Hall–Kier alpha value is -2.78. The third-order valence-corrected chi connectivity index (χ3v) is 5.25. The van der Waals surface area contributed by atoms with E-state index in [-0.39, 0.29) is 32.7 Å². The highest BCUT2D eigenvalue weighted by Gasteiger charge is 2.18. The summed E-state index contributed by atoms with van der Waals surface area (Å²) < 4.78 is 32.3. The van der Waals surface area contributed by atoms with Crippen molar-refractivity contribution in [3.63, 3.8) is 0 Å². The molecule has 2 N–H and O–H groups in total. The average Bonchev–Trinajstić information content (AvgIpc) is 2.93. The predicted octanol–water partition coefficient (Wildman–Crippen LogP) is 2.28. The highest BCUT2D eigenvalue weighted by atomic mass is 35.5. The van der Waals surface area contributed by atoms with E-state index in [1.54, 1.807) is 14.1 Å². The molecule has 1 heterocycles. The Morgan fingerprint density at radius 3 is 2.58 bits per heavy atom. The number of carbonyl (C=O) groups excluding carboxylic acids is 1. The molecule has 0 radical (unpaired) electrons. The number of rotatable bonds is 4. The quantitative estimate of drug-likeness (QED) is 0.703. The molecule has 0 unspecified atom stereocenters. The van der Waals surface area contributed by atoms with Gasteiger partial charge in [0.05, 0.1) is 26.7 Å². The Labute approximate surface area is 153 Å². The first-order valence-electron chi connectivity index (χ1n) is 7.34. The number of H-pyrrole nitrogens is 1. The van der Waals surface area contributed by atoms with E-state index in [0.29, 0.717) is 5.52 Å². The zero-order valence-corrected chi connectivity index (χ0v) is 15.3. The lowest BCUT2D eigenvalue weighted by molar-refractivity contribution is 0.0828. The Balaban J connectivity index is 1.92. The van der Waals surface area contributed by atoms with Crippen LogP contribution in [0.15, 0.2) is 50.5 Å². The molecule has 3 rings (SSSR count). The fourth-order valence-corrected chi connectivity index (χ4v) is 3.63. The van der Waals surface area contributed by atoms with E-state index in [9.17, 15) is 18.0 Å². The fraction of sp³-hybridized carbons (Fsp3) is 0.125. The Bertz CT molecular complexity index is 1160. The molecule has 1 aromatic heterocycles. The molecule has 0 fully saturated rings. The predicted molar refractivity (Wildman–Crippen MR) is 97.1 cm³/mol. The van der Waals surface area contributed by atoms with Gasteiger partial charge in [0.25, 0.3) is 15.9 Å². The summed E-state index contributed by atoms with van der Waals surface area (Å²) in [4.78, 5) is 26.9. The van der Waals surface area contributed by atoms with E-state index >= 15 is 0 Å². The number of carbonyl (C=O) groups is 1. The van der Waals surface area contributed by atoms with Crippen LogP contribution in [0.5, 0.6) is 0 Å². The zero-order chi connectivity index (χ0) is 19.1. The number of amides is 1. The topological polar surface area (TPSA) is 112 Å². The van der Waals surface area contributed by atoms with E-state index in [4.69, 9.17) is 16.0 Å². The van der Waals surface area contributed by atoms with Gasteiger partial charge in [0, 0.05) is 20.2 Å². The molecule has 26 heavy (non-hydrogen) atoms. The minimum atomic E-state index is -3.94. The zero-order valence-electron chi connectivity index (χ0n) is 13.7. The largest absolute Gasteiger partial charge is 0.417 e. The van der Waals surface area contributed by atoms with Crippen LogP contribution in [0.4, 0.5) is 5.69 Å². The SMILES string of the molecule is CN(C)C(=O)c1ccc(NS(=O)(=O)c2ccc3[nH]c(=O)oc3c2)cc1Cl. The van der Waals surface area contributed by atoms with E-state index < -0.39 is 15.8 Å². The lowest BCUT2D eigenvalue weighted by Gasteiger charge is -2.13. The Kier molecular flexibility index (Phi) is 4.51. The number of halogens is 1. The molecule has 8 nitrogen and oxygen atoms in total. The van der Waals surface area contributed by atoms with Gasteiger partial charge in [0.2, 0.25) is 0 Å². The van der Waals surface area contributed by atoms with E-state index in [1.807, 2.05) is 0 Å². The molecule has 0 aliphatic rings. The standard InChI is InChI=1S/C16H14ClN3O5S/c1-20(2)15(21)11-5-3-9(7-12(11)17)19-26(23,24)10-4-6-13-14(8-10)25-16(22)18-13/h3-8,19H,1-2H3,(H,18,22). The van der Waals surface area contributed by atoms with Gasteiger partial charge < -0.3 is 9.32 Å². The number of aromatic nitrogens is 1. The van der Waals surface area contributed by atoms with Crippen LogP contribution < -0.4 is 10.5 Å². The third-order valence-electron chi connectivity index (χ3n) is 3.56. The second-order valence-electron chi connectivity index (χ2n) is 5.67. The highest BCUT2D eigenvalue weighted by Crippen LogP contribution is 2.25. The summed E-state index contributed by atoms with van der Waals surface area (Å²) in [5.74, 6) is -0.965. The number of aromatic amines is 1. The first-order valence-corrected chi connectivity index (χ1v) is 9.20. The maximum absolute atomic E-state index is 12.5. The van der Waals surface area contributed by atoms with Gasteiger partial charge in [0.1, 0.15) is 0 Å². The second-order valence-corrected chi connectivity index (χ2v) is 7.76. The van der Waals surface area contributed by atoms with Crippen molar-refractivity contribution in [1.82, 2.24) is 9.88 Å². The lowest BCUT2D eigenvalue weighted by atomic mass is 10.2. The molecule has 0 saturated carbocycles. The van der Waals surface area contributed by atoms with E-state index in [1.165, 1.54) is 41.3 Å². The summed E-state index contributed by atoms with van der Waals surface area (Å²) in [5, 5.41) is 0.121. The van der Waals surface area contributed by atoms with Crippen molar-refractivity contribution >= 4 is 44.3 Å². The van der Waals surface area contributed by atoms with Crippen LogP contribution in [0.1, 0.15) is 10.4 Å². The van der Waals surface area contributed by atoms with Crippen molar-refractivity contribution in [1.29, 1.82) is 0 Å². The van der Waals surface area contributed by atoms with Gasteiger partial charge in [-0.1, -0.05) is 11.6 Å². The first kappa shape index (κ1) is 18.0. The lowest BCUT2D eigenvalue weighted by Crippen LogP contribution is -2.22. The average molecular weight is 396 g/mol. The van der Waals surface area contributed by atoms with Gasteiger partial charge >= 0.3 is 5.76 Å². The van der Waals surface area contributed by atoms with Crippen molar-refractivity contribution in [2.75, 3.05) is 18.8 Å². The molecule has 0 aliphatic carbocycles. The molecule has 10 heteroatoms. The van der Waals surface area contributed by atoms with Crippen molar-refractivity contribution in [3.05, 3.63) is 57.5 Å². The van der Waals surface area contributed by atoms with Gasteiger partial charge in [-0.25, -0.2) is 13.2 Å². The van der Waals surface area contributed by atoms with Gasteiger partial charge in [-0.05, 0) is 30.3 Å². The number of hydrogen-bond acceptors (Lipinski definition) is 5. The fourth-order valence-electron chi connectivity index (χ4n) is 2.30. The number of nitrogens with zero attached hydrogens (tertiary/aromatic N) is 1. The third kappa shape index (κ3) is 3.44. The smallest absolute Gasteiger partial charge is 0.408 e. The Morgan fingerprint density at radius 1 is 1.19 bits per heavy atom. The van der Waals surface area contributed by atoms with Crippen LogP contribution in [-0.2, 0) is 10.0 Å². The number of benzene rings is 2. The van der Waals surface area contributed by atoms with E-state index in [0.717, 1.165) is 0 Å². The van der Waals surface area contributed by atoms with Crippen molar-refractivity contribution in [2.24, 2.45) is 0 Å². The van der Waals surface area contributed by atoms with Gasteiger partial charge in [-0.2, -0.15) is 0 Å². The van der Waals surface area contributed by atoms with Gasteiger partial charge in [-0.15, -0.1) is 0 Å².